The van der Waals surface area contributed by atoms with Crippen LogP contribution in [0.3, 0.4) is 0 Å². The fraction of sp³-hybridized carbons (Fsp3) is 0.364. The Bertz CT molecular complexity index is 427. The van der Waals surface area contributed by atoms with Gasteiger partial charge in [0.25, 0.3) is 5.91 Å². The lowest BCUT2D eigenvalue weighted by molar-refractivity contribution is -0.223. The molecule has 0 aliphatic carbocycles. The van der Waals surface area contributed by atoms with Gasteiger partial charge in [0.1, 0.15) is 11.6 Å². The van der Waals surface area contributed by atoms with Gasteiger partial charge in [0.15, 0.2) is 0 Å². The van der Waals surface area contributed by atoms with Crippen molar-refractivity contribution < 1.29 is 14.2 Å². The Kier molecular flexibility index (Phi) is 2.57. The normalized spacial score (nSPS) is 16.8. The Morgan fingerprint density at radius 2 is 1.88 bits per heavy atom. The Morgan fingerprint density at radius 1 is 1.19 bits per heavy atom. The highest BCUT2D eigenvalue weighted by atomic mass is 16.7. The molecule has 0 unspecified atom stereocenters. The van der Waals surface area contributed by atoms with Gasteiger partial charge in [-0.15, -0.1) is 0 Å². The summed E-state index contributed by atoms with van der Waals surface area (Å²) in [5.41, 5.74) is 1.43. The number of hydrogen-bond acceptors (Lipinski definition) is 4. The van der Waals surface area contributed by atoms with Crippen LogP contribution in [-0.4, -0.2) is 27.2 Å². The van der Waals surface area contributed by atoms with Gasteiger partial charge in [0.05, 0.1) is 12.7 Å². The minimum Gasteiger partial charge on any atom is -0.496 e. The molecule has 1 aliphatic rings. The molecule has 0 bridgehead atoms. The molecule has 0 aromatic heterocycles. The Hall–Kier alpha value is -1.59. The van der Waals surface area contributed by atoms with Crippen LogP contribution in [0.1, 0.15) is 11.1 Å². The van der Waals surface area contributed by atoms with Crippen molar-refractivity contribution in [1.82, 2.24) is 5.32 Å². The lowest BCUT2D eigenvalue weighted by atomic mass is 10.1. The molecule has 0 amide bonds. The number of hydrogen-bond donors (Lipinski definition) is 2. The van der Waals surface area contributed by atoms with Crippen LogP contribution in [0.2, 0.25) is 0 Å². The van der Waals surface area contributed by atoms with Crippen molar-refractivity contribution in [3.05, 3.63) is 29.3 Å². The topological polar surface area (TPSA) is 63.6 Å². The maximum atomic E-state index is 7.84. The van der Waals surface area contributed by atoms with Gasteiger partial charge in [-0.1, -0.05) is 12.1 Å². The first kappa shape index (κ1) is 10.9. The number of benzene rings is 1. The van der Waals surface area contributed by atoms with E-state index in [2.05, 4.69) is 5.32 Å². The lowest BCUT2D eigenvalue weighted by Gasteiger charge is -2.27. The van der Waals surface area contributed by atoms with Crippen molar-refractivity contribution >= 4 is 5.84 Å². The molecule has 0 spiro atoms. The van der Waals surface area contributed by atoms with Gasteiger partial charge in [-0.2, -0.15) is 0 Å². The summed E-state index contributed by atoms with van der Waals surface area (Å²) in [6, 6.07) is 5.47. The maximum absolute atomic E-state index is 7.84. The van der Waals surface area contributed by atoms with Crippen molar-refractivity contribution in [3.8, 4) is 5.75 Å². The van der Waals surface area contributed by atoms with Gasteiger partial charge < -0.3 is 19.5 Å². The molecule has 0 radical (unpaired) electrons. The molecule has 0 saturated heterocycles. The molecule has 1 aromatic carbocycles. The highest BCUT2D eigenvalue weighted by Crippen LogP contribution is 2.38. The molecular formula is C11H14N2O3. The van der Waals surface area contributed by atoms with E-state index in [1.54, 1.807) is 7.11 Å². The average Bonchev–Trinajstić information content (AvgIpc) is 2.63. The van der Waals surface area contributed by atoms with Crippen molar-refractivity contribution in [3.63, 3.8) is 0 Å². The number of amidine groups is 1. The smallest absolute Gasteiger partial charge is 0.282 e. The fourth-order valence-corrected chi connectivity index (χ4v) is 1.93. The molecule has 86 valence electrons. The van der Waals surface area contributed by atoms with Gasteiger partial charge in [-0.3, -0.25) is 5.41 Å². The molecule has 1 aliphatic heterocycles. The number of methoxy groups -OCH3 is 3. The Labute approximate surface area is 93.8 Å². The van der Waals surface area contributed by atoms with E-state index in [0.717, 1.165) is 5.56 Å². The molecule has 0 fully saturated rings. The fourth-order valence-electron chi connectivity index (χ4n) is 1.93. The van der Waals surface area contributed by atoms with E-state index in [-0.39, 0.29) is 5.84 Å². The molecule has 1 aromatic rings. The molecular weight excluding hydrogens is 208 g/mol. The van der Waals surface area contributed by atoms with Crippen LogP contribution in [0.15, 0.2) is 18.2 Å². The summed E-state index contributed by atoms with van der Waals surface area (Å²) in [6.07, 6.45) is 0. The van der Waals surface area contributed by atoms with Gasteiger partial charge >= 0.3 is 0 Å². The molecule has 5 nitrogen and oxygen atoms in total. The van der Waals surface area contributed by atoms with Crippen molar-refractivity contribution in [2.75, 3.05) is 21.3 Å². The summed E-state index contributed by atoms with van der Waals surface area (Å²) in [5, 5.41) is 10.7. The van der Waals surface area contributed by atoms with Crippen LogP contribution in [0.5, 0.6) is 5.75 Å². The zero-order valence-corrected chi connectivity index (χ0v) is 9.46. The molecule has 1 heterocycles. The molecule has 16 heavy (non-hydrogen) atoms. The first-order valence-electron chi connectivity index (χ1n) is 4.83. The summed E-state index contributed by atoms with van der Waals surface area (Å²) in [7, 11) is 4.62. The van der Waals surface area contributed by atoms with Crippen LogP contribution in [0.25, 0.3) is 0 Å². The van der Waals surface area contributed by atoms with Crippen LogP contribution >= 0.6 is 0 Å². The average molecular weight is 222 g/mol. The summed E-state index contributed by atoms with van der Waals surface area (Å²) < 4.78 is 15.9. The van der Waals surface area contributed by atoms with E-state index < -0.39 is 5.91 Å². The maximum Gasteiger partial charge on any atom is 0.282 e. The highest BCUT2D eigenvalue weighted by Gasteiger charge is 2.44. The second-order valence-corrected chi connectivity index (χ2v) is 3.41. The minimum absolute atomic E-state index is 0.262. The van der Waals surface area contributed by atoms with Gasteiger partial charge in [0, 0.05) is 19.8 Å². The number of rotatable bonds is 3. The summed E-state index contributed by atoms with van der Waals surface area (Å²) in [6.45, 7) is 0. The molecule has 5 heteroatoms. The van der Waals surface area contributed by atoms with E-state index in [0.29, 0.717) is 11.3 Å². The van der Waals surface area contributed by atoms with E-state index >= 15 is 0 Å². The zero-order chi connectivity index (χ0) is 11.8. The van der Waals surface area contributed by atoms with Crippen LogP contribution in [0.4, 0.5) is 0 Å². The van der Waals surface area contributed by atoms with Crippen LogP contribution in [-0.2, 0) is 15.4 Å². The molecule has 0 atom stereocenters. The van der Waals surface area contributed by atoms with Crippen molar-refractivity contribution in [2.24, 2.45) is 0 Å². The zero-order valence-electron chi connectivity index (χ0n) is 9.46. The Balaban J connectivity index is 2.66. The molecule has 0 saturated carbocycles. The third-order valence-corrected chi connectivity index (χ3v) is 2.71. The third kappa shape index (κ3) is 1.29. The van der Waals surface area contributed by atoms with Crippen molar-refractivity contribution in [1.29, 1.82) is 5.41 Å². The summed E-state index contributed by atoms with van der Waals surface area (Å²) in [5.74, 6) is -0.229. The first-order chi connectivity index (χ1) is 7.68. The number of fused-ring (bicyclic) bond motifs is 1. The largest absolute Gasteiger partial charge is 0.496 e. The van der Waals surface area contributed by atoms with E-state index in [1.807, 2.05) is 18.2 Å². The van der Waals surface area contributed by atoms with E-state index in [4.69, 9.17) is 19.6 Å². The second-order valence-electron chi connectivity index (χ2n) is 3.41. The predicted molar refractivity (Wildman–Crippen MR) is 58.7 cm³/mol. The summed E-state index contributed by atoms with van der Waals surface area (Å²) in [4.78, 5) is 0. The van der Waals surface area contributed by atoms with E-state index in [1.165, 1.54) is 14.2 Å². The van der Waals surface area contributed by atoms with E-state index in [9.17, 15) is 0 Å². The first-order valence-corrected chi connectivity index (χ1v) is 4.83. The SMILES string of the molecule is COc1cccc2c1C(OC)(OC)NC2=N. The predicted octanol–water partition coefficient (Wildman–Crippen LogP) is 1.03. The Morgan fingerprint density at radius 3 is 2.44 bits per heavy atom. The summed E-state index contributed by atoms with van der Waals surface area (Å²) >= 11 is 0. The lowest BCUT2D eigenvalue weighted by Crippen LogP contribution is -2.42. The monoisotopic (exact) mass is 222 g/mol. The van der Waals surface area contributed by atoms with Crippen LogP contribution < -0.4 is 10.1 Å². The van der Waals surface area contributed by atoms with Gasteiger partial charge in [-0.05, 0) is 6.07 Å². The van der Waals surface area contributed by atoms with Crippen molar-refractivity contribution in [2.45, 2.75) is 5.91 Å². The highest BCUT2D eigenvalue weighted by molar-refractivity contribution is 6.02. The number of nitrogens with one attached hydrogen (secondary N) is 2. The quantitative estimate of drug-likeness (QED) is 0.750. The minimum atomic E-state index is -1.13. The second kappa shape index (κ2) is 3.77. The van der Waals surface area contributed by atoms with Gasteiger partial charge in [-0.25, -0.2) is 0 Å². The van der Waals surface area contributed by atoms with Crippen LogP contribution in [0, 0.1) is 5.41 Å². The third-order valence-electron chi connectivity index (χ3n) is 2.71. The molecule has 2 rings (SSSR count). The molecule has 2 N–H and O–H groups in total. The standard InChI is InChI=1S/C11H14N2O3/c1-14-8-6-4-5-7-9(8)11(15-2,16-3)13-10(7)12/h4-6H,1-3H3,(H2,12,13). The van der Waals surface area contributed by atoms with Gasteiger partial charge in [0.2, 0.25) is 0 Å². The number of ether oxygens (including phenoxy) is 3.